The van der Waals surface area contributed by atoms with Crippen LogP contribution in [-0.4, -0.2) is 30.0 Å². The first-order chi connectivity index (χ1) is 13.1. The van der Waals surface area contributed by atoms with Crippen LogP contribution in [0.2, 0.25) is 0 Å². The van der Waals surface area contributed by atoms with Crippen LogP contribution in [0, 0.1) is 0 Å². The van der Waals surface area contributed by atoms with Gasteiger partial charge < -0.3 is 4.90 Å². The van der Waals surface area contributed by atoms with Crippen molar-refractivity contribution in [1.82, 2.24) is 5.32 Å². The zero-order chi connectivity index (χ0) is 18.8. The lowest BCUT2D eigenvalue weighted by Gasteiger charge is -2.28. The lowest BCUT2D eigenvalue weighted by atomic mass is 10.1. The lowest BCUT2D eigenvalue weighted by Crippen LogP contribution is -2.54. The van der Waals surface area contributed by atoms with Crippen LogP contribution >= 0.6 is 12.2 Å². The third-order valence-corrected chi connectivity index (χ3v) is 5.08. The largest absolute Gasteiger partial charge is 0.372 e. The maximum absolute atomic E-state index is 12.9. The molecule has 0 saturated carbocycles. The molecule has 2 amide bonds. The molecule has 0 spiro atoms. The fourth-order valence-electron chi connectivity index (χ4n) is 3.39. The summed E-state index contributed by atoms with van der Waals surface area (Å²) in [5, 5.41) is 2.70. The van der Waals surface area contributed by atoms with Crippen LogP contribution in [0.15, 0.2) is 60.2 Å². The molecule has 2 saturated heterocycles. The highest BCUT2D eigenvalue weighted by Gasteiger charge is 2.34. The molecule has 4 rings (SSSR count). The monoisotopic (exact) mass is 377 g/mol. The molecule has 2 heterocycles. The molecule has 1 N–H and O–H groups in total. The molecule has 0 aromatic heterocycles. The van der Waals surface area contributed by atoms with E-state index in [1.807, 2.05) is 42.5 Å². The Hall–Kier alpha value is -2.99. The van der Waals surface area contributed by atoms with Crippen molar-refractivity contribution in [1.29, 1.82) is 0 Å². The predicted molar refractivity (Wildman–Crippen MR) is 111 cm³/mol. The Kier molecular flexibility index (Phi) is 4.73. The average molecular weight is 377 g/mol. The maximum atomic E-state index is 12.9. The number of thiocarbonyl (C=S) groups is 1. The third-order valence-electron chi connectivity index (χ3n) is 4.79. The van der Waals surface area contributed by atoms with Crippen molar-refractivity contribution in [2.75, 3.05) is 22.9 Å². The standard InChI is InChI=1S/C21H19N3O2S/c25-19-18(14-15-8-10-16(11-9-15)23-12-4-5-13-23)20(26)24(21(27)22-19)17-6-2-1-3-7-17/h1-3,6-11,14H,4-5,12-13H2,(H,22,25,27)/b18-14-. The van der Waals surface area contributed by atoms with E-state index in [1.54, 1.807) is 18.2 Å². The molecule has 2 fully saturated rings. The van der Waals surface area contributed by atoms with Gasteiger partial charge in [0.05, 0.1) is 5.69 Å². The number of nitrogens with zero attached hydrogens (tertiary/aromatic N) is 2. The number of nitrogens with one attached hydrogen (secondary N) is 1. The molecular formula is C21H19N3O2S. The van der Waals surface area contributed by atoms with E-state index >= 15 is 0 Å². The van der Waals surface area contributed by atoms with Crippen molar-refractivity contribution in [3.05, 3.63) is 65.7 Å². The molecular weight excluding hydrogens is 358 g/mol. The molecule has 6 heteroatoms. The van der Waals surface area contributed by atoms with Crippen molar-refractivity contribution in [3.8, 4) is 0 Å². The van der Waals surface area contributed by atoms with Crippen LogP contribution in [0.4, 0.5) is 11.4 Å². The smallest absolute Gasteiger partial charge is 0.270 e. The van der Waals surface area contributed by atoms with E-state index in [0.29, 0.717) is 5.69 Å². The third kappa shape index (κ3) is 3.48. The summed E-state index contributed by atoms with van der Waals surface area (Å²) in [6, 6.07) is 17.0. The van der Waals surface area contributed by atoms with E-state index < -0.39 is 11.8 Å². The van der Waals surface area contributed by atoms with Crippen molar-refractivity contribution in [3.63, 3.8) is 0 Å². The average Bonchev–Trinajstić information content (AvgIpc) is 3.21. The number of hydrogen-bond donors (Lipinski definition) is 1. The van der Waals surface area contributed by atoms with Gasteiger partial charge in [0.2, 0.25) is 0 Å². The molecule has 5 nitrogen and oxygen atoms in total. The molecule has 2 aromatic rings. The minimum absolute atomic E-state index is 0.0707. The van der Waals surface area contributed by atoms with Gasteiger partial charge >= 0.3 is 0 Å². The number of rotatable bonds is 3. The topological polar surface area (TPSA) is 52.7 Å². The van der Waals surface area contributed by atoms with Gasteiger partial charge in [-0.05, 0) is 61.0 Å². The Labute approximate surface area is 163 Å². The molecule has 2 aliphatic rings. The van der Waals surface area contributed by atoms with Crippen molar-refractivity contribution in [2.24, 2.45) is 0 Å². The predicted octanol–water partition coefficient (Wildman–Crippen LogP) is 3.12. The highest BCUT2D eigenvalue weighted by atomic mass is 32.1. The number of carbonyl (C=O) groups excluding carboxylic acids is 2. The van der Waals surface area contributed by atoms with Gasteiger partial charge in [-0.25, -0.2) is 0 Å². The van der Waals surface area contributed by atoms with Crippen LogP contribution in [0.1, 0.15) is 18.4 Å². The summed E-state index contributed by atoms with van der Waals surface area (Å²) in [7, 11) is 0. The maximum Gasteiger partial charge on any atom is 0.270 e. The fourth-order valence-corrected chi connectivity index (χ4v) is 3.67. The molecule has 2 aliphatic heterocycles. The fraction of sp³-hybridized carbons (Fsp3) is 0.190. The molecule has 2 aromatic carbocycles. The summed E-state index contributed by atoms with van der Waals surface area (Å²) in [4.78, 5) is 29.0. The number of carbonyl (C=O) groups is 2. The van der Waals surface area contributed by atoms with Gasteiger partial charge in [-0.3, -0.25) is 19.8 Å². The second-order valence-corrected chi connectivity index (χ2v) is 6.97. The van der Waals surface area contributed by atoms with Gasteiger partial charge in [-0.15, -0.1) is 0 Å². The Morgan fingerprint density at radius 3 is 2.22 bits per heavy atom. The van der Waals surface area contributed by atoms with E-state index in [9.17, 15) is 9.59 Å². The van der Waals surface area contributed by atoms with Gasteiger partial charge in [-0.1, -0.05) is 30.3 Å². The van der Waals surface area contributed by atoms with Gasteiger partial charge in [0.1, 0.15) is 5.57 Å². The summed E-state index contributed by atoms with van der Waals surface area (Å²) >= 11 is 5.20. The quantitative estimate of drug-likeness (QED) is 0.507. The summed E-state index contributed by atoms with van der Waals surface area (Å²) in [6.07, 6.45) is 4.05. The minimum atomic E-state index is -0.471. The number of para-hydroxylation sites is 1. The van der Waals surface area contributed by atoms with E-state index in [2.05, 4.69) is 10.2 Å². The molecule has 0 aliphatic carbocycles. The highest BCUT2D eigenvalue weighted by Crippen LogP contribution is 2.24. The Morgan fingerprint density at radius 2 is 1.56 bits per heavy atom. The Bertz CT molecular complexity index is 916. The van der Waals surface area contributed by atoms with Crippen LogP contribution in [0.5, 0.6) is 0 Å². The van der Waals surface area contributed by atoms with Gasteiger partial charge in [-0.2, -0.15) is 0 Å². The first-order valence-electron chi connectivity index (χ1n) is 8.95. The van der Waals surface area contributed by atoms with Crippen molar-refractivity contribution < 1.29 is 9.59 Å². The minimum Gasteiger partial charge on any atom is -0.372 e. The van der Waals surface area contributed by atoms with Crippen LogP contribution < -0.4 is 15.1 Å². The summed E-state index contributed by atoms with van der Waals surface area (Å²) in [6.45, 7) is 2.15. The SMILES string of the molecule is O=C1NC(=S)N(c2ccccc2)C(=O)/C1=C\c1ccc(N2CCCC2)cc1. The second kappa shape index (κ2) is 7.32. The van der Waals surface area contributed by atoms with Crippen molar-refractivity contribution >= 4 is 46.6 Å². The van der Waals surface area contributed by atoms with Gasteiger partial charge in [0.15, 0.2) is 5.11 Å². The number of amides is 2. The first-order valence-corrected chi connectivity index (χ1v) is 9.36. The zero-order valence-corrected chi connectivity index (χ0v) is 15.5. The molecule has 27 heavy (non-hydrogen) atoms. The molecule has 0 unspecified atom stereocenters. The highest BCUT2D eigenvalue weighted by molar-refractivity contribution is 7.80. The molecule has 0 bridgehead atoms. The number of anilines is 2. The Balaban J connectivity index is 1.62. The summed E-state index contributed by atoms with van der Waals surface area (Å²) in [5.74, 6) is -0.889. The van der Waals surface area contributed by atoms with E-state index in [1.165, 1.54) is 23.4 Å². The van der Waals surface area contributed by atoms with Crippen LogP contribution in [-0.2, 0) is 9.59 Å². The van der Waals surface area contributed by atoms with Crippen LogP contribution in [0.3, 0.4) is 0 Å². The Morgan fingerprint density at radius 1 is 0.889 bits per heavy atom. The molecule has 0 radical (unpaired) electrons. The first kappa shape index (κ1) is 17.4. The van der Waals surface area contributed by atoms with E-state index in [0.717, 1.165) is 18.7 Å². The van der Waals surface area contributed by atoms with E-state index in [-0.39, 0.29) is 10.7 Å². The van der Waals surface area contributed by atoms with E-state index in [4.69, 9.17) is 12.2 Å². The normalized spacial score (nSPS) is 19.0. The van der Waals surface area contributed by atoms with Crippen molar-refractivity contribution in [2.45, 2.75) is 12.8 Å². The molecule has 136 valence electrons. The van der Waals surface area contributed by atoms with Gasteiger partial charge in [0.25, 0.3) is 11.8 Å². The van der Waals surface area contributed by atoms with Gasteiger partial charge in [0, 0.05) is 18.8 Å². The lowest BCUT2D eigenvalue weighted by molar-refractivity contribution is -0.122. The zero-order valence-electron chi connectivity index (χ0n) is 14.7. The summed E-state index contributed by atoms with van der Waals surface area (Å²) in [5.41, 5.74) is 2.67. The second-order valence-electron chi connectivity index (χ2n) is 6.58. The summed E-state index contributed by atoms with van der Waals surface area (Å²) < 4.78 is 0. The number of hydrogen-bond acceptors (Lipinski definition) is 4. The number of benzene rings is 2. The van der Waals surface area contributed by atoms with Crippen LogP contribution in [0.25, 0.3) is 6.08 Å². The molecule has 0 atom stereocenters.